The highest BCUT2D eigenvalue weighted by atomic mass is 16.5. The van der Waals surface area contributed by atoms with Crippen LogP contribution in [0.1, 0.15) is 46.2 Å². The maximum Gasteiger partial charge on any atom is 0.254 e. The summed E-state index contributed by atoms with van der Waals surface area (Å²) in [6, 6.07) is 7.45. The van der Waals surface area contributed by atoms with Crippen molar-refractivity contribution < 1.29 is 9.53 Å². The van der Waals surface area contributed by atoms with E-state index < -0.39 is 0 Å². The number of hydrogen-bond acceptors (Lipinski definition) is 3. The fourth-order valence-electron chi connectivity index (χ4n) is 3.28. The van der Waals surface area contributed by atoms with E-state index in [0.717, 1.165) is 36.3 Å². The molecule has 0 aliphatic carbocycles. The molecule has 1 saturated heterocycles. The lowest BCUT2D eigenvalue weighted by atomic mass is 10.0. The van der Waals surface area contributed by atoms with Crippen LogP contribution in [-0.2, 0) is 0 Å². The van der Waals surface area contributed by atoms with E-state index in [1.165, 1.54) is 0 Å². The maximum absolute atomic E-state index is 12.9. The number of aryl methyl sites for hydroxylation is 2. The van der Waals surface area contributed by atoms with Gasteiger partial charge in [-0.05, 0) is 44.9 Å². The second-order valence-corrected chi connectivity index (χ2v) is 5.74. The van der Waals surface area contributed by atoms with Crippen LogP contribution in [0.15, 0.2) is 24.3 Å². The smallest absolute Gasteiger partial charge is 0.254 e. The summed E-state index contributed by atoms with van der Waals surface area (Å²) in [7, 11) is 1.61. The number of nitrogens with one attached hydrogen (secondary N) is 1. The molecule has 1 aliphatic rings. The van der Waals surface area contributed by atoms with Gasteiger partial charge in [-0.15, -0.1) is 0 Å². The molecule has 0 saturated carbocycles. The normalized spacial score (nSPS) is 17.8. The summed E-state index contributed by atoms with van der Waals surface area (Å²) in [6.45, 7) is 4.79. The molecule has 5 nitrogen and oxygen atoms in total. The number of amides is 1. The summed E-state index contributed by atoms with van der Waals surface area (Å²) in [5, 5.41) is 7.30. The van der Waals surface area contributed by atoms with Gasteiger partial charge in [0.2, 0.25) is 0 Å². The van der Waals surface area contributed by atoms with Crippen LogP contribution < -0.4 is 4.74 Å². The minimum Gasteiger partial charge on any atom is -0.497 e. The lowest BCUT2D eigenvalue weighted by Crippen LogP contribution is -2.31. The Morgan fingerprint density at radius 2 is 2.23 bits per heavy atom. The van der Waals surface area contributed by atoms with Crippen molar-refractivity contribution >= 4 is 5.91 Å². The number of rotatable bonds is 3. The van der Waals surface area contributed by atoms with Crippen LogP contribution in [0.25, 0.3) is 0 Å². The van der Waals surface area contributed by atoms with Crippen LogP contribution >= 0.6 is 0 Å². The number of methoxy groups -OCH3 is 1. The van der Waals surface area contributed by atoms with Gasteiger partial charge in [-0.2, -0.15) is 5.10 Å². The van der Waals surface area contributed by atoms with E-state index in [4.69, 9.17) is 4.74 Å². The molecule has 2 aromatic rings. The summed E-state index contributed by atoms with van der Waals surface area (Å²) >= 11 is 0. The number of nitrogens with zero attached hydrogens (tertiary/aromatic N) is 2. The van der Waals surface area contributed by atoms with Crippen LogP contribution in [-0.4, -0.2) is 34.7 Å². The molecule has 116 valence electrons. The van der Waals surface area contributed by atoms with E-state index in [2.05, 4.69) is 10.2 Å². The van der Waals surface area contributed by atoms with Crippen LogP contribution in [0.4, 0.5) is 0 Å². The first-order valence-electron chi connectivity index (χ1n) is 7.58. The maximum atomic E-state index is 12.9. The summed E-state index contributed by atoms with van der Waals surface area (Å²) in [6.07, 6.45) is 2.00. The molecule has 0 bridgehead atoms. The zero-order valence-corrected chi connectivity index (χ0v) is 13.2. The van der Waals surface area contributed by atoms with Gasteiger partial charge in [-0.1, -0.05) is 6.07 Å². The quantitative estimate of drug-likeness (QED) is 0.947. The number of aromatic nitrogens is 2. The Hall–Kier alpha value is -2.30. The third-order valence-electron chi connectivity index (χ3n) is 4.35. The minimum absolute atomic E-state index is 0.0569. The van der Waals surface area contributed by atoms with Crippen molar-refractivity contribution in [2.45, 2.75) is 32.7 Å². The molecule has 5 heteroatoms. The molecular formula is C17H21N3O2. The molecule has 1 unspecified atom stereocenters. The number of carbonyl (C=O) groups excluding carboxylic acids is 1. The fourth-order valence-corrected chi connectivity index (χ4v) is 3.28. The van der Waals surface area contributed by atoms with Crippen molar-refractivity contribution in [1.29, 1.82) is 0 Å². The largest absolute Gasteiger partial charge is 0.497 e. The van der Waals surface area contributed by atoms with Crippen molar-refractivity contribution in [2.24, 2.45) is 0 Å². The average molecular weight is 299 g/mol. The molecule has 1 fully saturated rings. The lowest BCUT2D eigenvalue weighted by Gasteiger charge is -2.25. The first kappa shape index (κ1) is 14.6. The van der Waals surface area contributed by atoms with Crippen LogP contribution in [0, 0.1) is 13.8 Å². The second-order valence-electron chi connectivity index (χ2n) is 5.74. The molecule has 22 heavy (non-hydrogen) atoms. The Bertz CT molecular complexity index is 673. The van der Waals surface area contributed by atoms with Crippen LogP contribution in [0.2, 0.25) is 0 Å². The molecular weight excluding hydrogens is 278 g/mol. The topological polar surface area (TPSA) is 58.2 Å². The summed E-state index contributed by atoms with van der Waals surface area (Å²) < 4.78 is 5.22. The molecule has 0 radical (unpaired) electrons. The lowest BCUT2D eigenvalue weighted by molar-refractivity contribution is 0.0734. The third kappa shape index (κ3) is 2.47. The highest BCUT2D eigenvalue weighted by molar-refractivity contribution is 5.95. The minimum atomic E-state index is 0.0569. The summed E-state index contributed by atoms with van der Waals surface area (Å²) in [4.78, 5) is 14.8. The van der Waals surface area contributed by atoms with Gasteiger partial charge >= 0.3 is 0 Å². The van der Waals surface area contributed by atoms with Crippen molar-refractivity contribution in [2.75, 3.05) is 13.7 Å². The van der Waals surface area contributed by atoms with E-state index in [0.29, 0.717) is 11.3 Å². The summed E-state index contributed by atoms with van der Waals surface area (Å²) in [5.41, 5.74) is 3.86. The Labute approximate surface area is 130 Å². The van der Waals surface area contributed by atoms with Gasteiger partial charge in [0, 0.05) is 23.4 Å². The number of benzene rings is 1. The van der Waals surface area contributed by atoms with Gasteiger partial charge in [0.1, 0.15) is 5.75 Å². The van der Waals surface area contributed by atoms with Gasteiger partial charge < -0.3 is 9.64 Å². The first-order chi connectivity index (χ1) is 10.6. The fraction of sp³-hybridized carbons (Fsp3) is 0.412. The average Bonchev–Trinajstić information content (AvgIpc) is 3.13. The van der Waals surface area contributed by atoms with Gasteiger partial charge in [0.25, 0.3) is 5.91 Å². The predicted octanol–water partition coefficient (Wildman–Crippen LogP) is 3.01. The Morgan fingerprint density at radius 1 is 1.41 bits per heavy atom. The molecule has 1 atom stereocenters. The highest BCUT2D eigenvalue weighted by Crippen LogP contribution is 2.36. The zero-order valence-electron chi connectivity index (χ0n) is 13.2. The number of H-pyrrole nitrogens is 1. The molecule has 2 heterocycles. The molecule has 1 aromatic carbocycles. The van der Waals surface area contributed by atoms with Crippen molar-refractivity contribution in [3.63, 3.8) is 0 Å². The van der Waals surface area contributed by atoms with Gasteiger partial charge in [0.15, 0.2) is 0 Å². The molecule has 1 aliphatic heterocycles. The molecule has 0 spiro atoms. The van der Waals surface area contributed by atoms with E-state index in [9.17, 15) is 4.79 Å². The highest BCUT2D eigenvalue weighted by Gasteiger charge is 2.33. The van der Waals surface area contributed by atoms with Crippen LogP contribution in [0.5, 0.6) is 5.75 Å². The Kier molecular flexibility index (Phi) is 3.88. The standard InChI is InChI=1S/C17H21N3O2/c1-11-16(12(2)19-18-11)15-8-5-9-20(15)17(21)13-6-4-7-14(10-13)22-3/h4,6-7,10,15H,5,8-9H2,1-3H3,(H,18,19). The van der Waals surface area contributed by atoms with E-state index >= 15 is 0 Å². The molecule has 1 amide bonds. The van der Waals surface area contributed by atoms with E-state index in [1.807, 2.05) is 36.9 Å². The predicted molar refractivity (Wildman–Crippen MR) is 84.1 cm³/mol. The van der Waals surface area contributed by atoms with Gasteiger partial charge in [-0.3, -0.25) is 9.89 Å². The SMILES string of the molecule is COc1cccc(C(=O)N2CCCC2c2c(C)n[nH]c2C)c1. The van der Waals surface area contributed by atoms with E-state index in [-0.39, 0.29) is 11.9 Å². The number of carbonyl (C=O) groups is 1. The number of ether oxygens (including phenoxy) is 1. The van der Waals surface area contributed by atoms with Gasteiger partial charge in [0.05, 0.1) is 18.8 Å². The molecule has 1 N–H and O–H groups in total. The number of hydrogen-bond donors (Lipinski definition) is 1. The summed E-state index contributed by atoms with van der Waals surface area (Å²) in [5.74, 6) is 0.763. The van der Waals surface area contributed by atoms with Crippen LogP contribution in [0.3, 0.4) is 0 Å². The molecule has 1 aromatic heterocycles. The second kappa shape index (κ2) is 5.83. The molecule has 3 rings (SSSR count). The van der Waals surface area contributed by atoms with Gasteiger partial charge in [-0.25, -0.2) is 0 Å². The van der Waals surface area contributed by atoms with E-state index in [1.54, 1.807) is 13.2 Å². The Morgan fingerprint density at radius 3 is 2.91 bits per heavy atom. The first-order valence-corrected chi connectivity index (χ1v) is 7.58. The number of likely N-dealkylation sites (tertiary alicyclic amines) is 1. The monoisotopic (exact) mass is 299 g/mol. The van der Waals surface area contributed by atoms with Crippen molar-refractivity contribution in [3.8, 4) is 5.75 Å². The third-order valence-corrected chi connectivity index (χ3v) is 4.35. The zero-order chi connectivity index (χ0) is 15.7. The van der Waals surface area contributed by atoms with Crippen molar-refractivity contribution in [1.82, 2.24) is 15.1 Å². The Balaban J connectivity index is 1.91. The van der Waals surface area contributed by atoms with Crippen molar-refractivity contribution in [3.05, 3.63) is 46.8 Å². The number of aromatic amines is 1.